The van der Waals surface area contributed by atoms with Crippen molar-refractivity contribution >= 4 is 11.6 Å². The third kappa shape index (κ3) is 4.32. The molecule has 2 aromatic carbocycles. The first kappa shape index (κ1) is 20.3. The summed E-state index contributed by atoms with van der Waals surface area (Å²) in [6, 6.07) is 11.8. The summed E-state index contributed by atoms with van der Waals surface area (Å²) in [7, 11) is 0. The molecular formula is C21H23N9O. The van der Waals surface area contributed by atoms with Gasteiger partial charge in [-0.25, -0.2) is 0 Å². The Kier molecular flexibility index (Phi) is 5.78. The van der Waals surface area contributed by atoms with Gasteiger partial charge in [-0.3, -0.25) is 4.79 Å². The number of anilines is 1. The molecule has 2 heterocycles. The van der Waals surface area contributed by atoms with Crippen LogP contribution in [0.15, 0.2) is 42.7 Å². The quantitative estimate of drug-likeness (QED) is 0.491. The number of aryl methyl sites for hydroxylation is 3. The molecule has 10 heteroatoms. The van der Waals surface area contributed by atoms with E-state index < -0.39 is 0 Å². The van der Waals surface area contributed by atoms with Gasteiger partial charge in [-0.05, 0) is 64.2 Å². The summed E-state index contributed by atoms with van der Waals surface area (Å²) in [5, 5.41) is 27.0. The first-order valence-corrected chi connectivity index (χ1v) is 10.1. The van der Waals surface area contributed by atoms with Crippen molar-refractivity contribution in [2.75, 3.05) is 5.32 Å². The molecule has 158 valence electrons. The van der Waals surface area contributed by atoms with Gasteiger partial charge in [-0.1, -0.05) is 38.1 Å². The molecule has 1 amide bonds. The van der Waals surface area contributed by atoms with Crippen molar-refractivity contribution in [3.05, 3.63) is 59.4 Å². The zero-order chi connectivity index (χ0) is 21.8. The van der Waals surface area contributed by atoms with Gasteiger partial charge < -0.3 is 5.32 Å². The van der Waals surface area contributed by atoms with Crippen LogP contribution in [0.4, 0.5) is 5.69 Å². The molecule has 31 heavy (non-hydrogen) atoms. The fraction of sp³-hybridized carbons (Fsp3) is 0.286. The molecule has 1 N–H and O–H groups in total. The summed E-state index contributed by atoms with van der Waals surface area (Å²) < 4.78 is 1.55. The van der Waals surface area contributed by atoms with Crippen LogP contribution in [0.2, 0.25) is 0 Å². The number of hydrogen-bond donors (Lipinski definition) is 1. The van der Waals surface area contributed by atoms with Crippen LogP contribution in [-0.4, -0.2) is 46.3 Å². The van der Waals surface area contributed by atoms with Crippen LogP contribution < -0.4 is 5.32 Å². The molecule has 0 radical (unpaired) electrons. The zero-order valence-electron chi connectivity index (χ0n) is 17.6. The van der Waals surface area contributed by atoms with Gasteiger partial charge in [0, 0.05) is 11.3 Å². The van der Waals surface area contributed by atoms with Crippen LogP contribution >= 0.6 is 0 Å². The van der Waals surface area contributed by atoms with E-state index in [9.17, 15) is 4.79 Å². The highest BCUT2D eigenvalue weighted by molar-refractivity contribution is 5.92. The van der Waals surface area contributed by atoms with Crippen molar-refractivity contribution in [2.24, 2.45) is 0 Å². The van der Waals surface area contributed by atoms with Gasteiger partial charge in [0.15, 0.2) is 0 Å². The molecule has 0 aliphatic rings. The minimum atomic E-state index is -0.204. The van der Waals surface area contributed by atoms with Crippen LogP contribution in [0, 0.1) is 6.92 Å². The van der Waals surface area contributed by atoms with Gasteiger partial charge >= 0.3 is 0 Å². The van der Waals surface area contributed by atoms with E-state index in [0.717, 1.165) is 40.9 Å². The largest absolute Gasteiger partial charge is 0.324 e. The third-order valence-corrected chi connectivity index (χ3v) is 4.99. The molecule has 0 saturated heterocycles. The van der Waals surface area contributed by atoms with Crippen molar-refractivity contribution in [2.45, 2.75) is 40.2 Å². The molecule has 2 aromatic heterocycles. The minimum Gasteiger partial charge on any atom is -0.324 e. The molecule has 10 nitrogen and oxygen atoms in total. The summed E-state index contributed by atoms with van der Waals surface area (Å²) in [6.45, 7) is 6.07. The number of rotatable bonds is 7. The Bertz CT molecular complexity index is 1180. The fourth-order valence-electron chi connectivity index (χ4n) is 3.42. The van der Waals surface area contributed by atoms with E-state index in [1.54, 1.807) is 4.68 Å². The van der Waals surface area contributed by atoms with Crippen molar-refractivity contribution in [3.63, 3.8) is 0 Å². The maximum absolute atomic E-state index is 12.7. The summed E-state index contributed by atoms with van der Waals surface area (Å²) in [5.41, 5.74) is 5.57. The lowest BCUT2D eigenvalue weighted by molar-refractivity contribution is -0.117. The van der Waals surface area contributed by atoms with E-state index in [1.165, 1.54) is 11.1 Å². The highest BCUT2D eigenvalue weighted by atomic mass is 16.2. The topological polar surface area (TPSA) is 116 Å². The summed E-state index contributed by atoms with van der Waals surface area (Å²) in [6.07, 6.45) is 3.18. The van der Waals surface area contributed by atoms with Crippen LogP contribution in [0.25, 0.3) is 17.1 Å². The molecule has 0 spiro atoms. The van der Waals surface area contributed by atoms with Crippen LogP contribution in [0.5, 0.6) is 0 Å². The zero-order valence-corrected chi connectivity index (χ0v) is 17.6. The first-order valence-electron chi connectivity index (χ1n) is 10.1. The molecule has 0 bridgehead atoms. The predicted octanol–water partition coefficient (Wildman–Crippen LogP) is 2.39. The smallest absolute Gasteiger partial charge is 0.248 e. The second kappa shape index (κ2) is 8.82. The van der Waals surface area contributed by atoms with Gasteiger partial charge in [0.25, 0.3) is 0 Å². The van der Waals surface area contributed by atoms with Crippen molar-refractivity contribution in [1.82, 2.24) is 40.4 Å². The Balaban J connectivity index is 1.56. The van der Waals surface area contributed by atoms with E-state index in [-0.39, 0.29) is 12.5 Å². The molecule has 4 rings (SSSR count). The monoisotopic (exact) mass is 417 g/mol. The molecule has 0 fully saturated rings. The number of amides is 1. The normalized spacial score (nSPS) is 10.9. The summed E-state index contributed by atoms with van der Waals surface area (Å²) in [4.78, 5) is 14.0. The number of benzene rings is 2. The SMILES string of the molecule is CCc1cccc(CC)c1NC(=O)Cn1nnc(-c2ccc(C)cc2-n2cnnn2)n1. The van der Waals surface area contributed by atoms with Gasteiger partial charge in [0.1, 0.15) is 12.9 Å². The highest BCUT2D eigenvalue weighted by Crippen LogP contribution is 2.24. The van der Waals surface area contributed by atoms with Crippen molar-refractivity contribution in [1.29, 1.82) is 0 Å². The average molecular weight is 417 g/mol. The Hall–Kier alpha value is -3.95. The number of tetrazole rings is 2. The molecule has 0 aliphatic heterocycles. The molecule has 0 saturated carbocycles. The van der Waals surface area contributed by atoms with Gasteiger partial charge in [-0.15, -0.1) is 15.3 Å². The lowest BCUT2D eigenvalue weighted by Gasteiger charge is -2.14. The number of nitrogens with zero attached hydrogens (tertiary/aromatic N) is 8. The molecule has 0 aliphatic carbocycles. The summed E-state index contributed by atoms with van der Waals surface area (Å²) in [5.74, 6) is 0.186. The minimum absolute atomic E-state index is 0.0414. The van der Waals surface area contributed by atoms with Crippen LogP contribution in [0.1, 0.15) is 30.5 Å². The number of aromatic nitrogens is 8. The maximum Gasteiger partial charge on any atom is 0.248 e. The number of nitrogens with one attached hydrogen (secondary N) is 1. The fourth-order valence-corrected chi connectivity index (χ4v) is 3.42. The molecule has 0 unspecified atom stereocenters. The standard InChI is InChI=1S/C21H23N9O/c1-4-15-7-6-8-16(5-2)20(15)23-19(31)12-30-25-21(24-27-30)17-10-9-14(3)11-18(17)29-13-22-26-28-29/h6-11,13H,4-5,12H2,1-3H3,(H,23,31). The van der Waals surface area contributed by atoms with E-state index in [4.69, 9.17) is 0 Å². The van der Waals surface area contributed by atoms with Gasteiger partial charge in [0.05, 0.1) is 5.69 Å². The Morgan fingerprint density at radius 2 is 1.84 bits per heavy atom. The lowest BCUT2D eigenvalue weighted by Crippen LogP contribution is -2.22. The van der Waals surface area contributed by atoms with Gasteiger partial charge in [0.2, 0.25) is 11.7 Å². The van der Waals surface area contributed by atoms with E-state index >= 15 is 0 Å². The molecule has 0 atom stereocenters. The second-order valence-electron chi connectivity index (χ2n) is 7.12. The maximum atomic E-state index is 12.7. The number of hydrogen-bond acceptors (Lipinski definition) is 7. The first-order chi connectivity index (χ1) is 15.1. The van der Waals surface area contributed by atoms with Gasteiger partial charge in [-0.2, -0.15) is 9.48 Å². The Morgan fingerprint density at radius 3 is 2.52 bits per heavy atom. The number of para-hydroxylation sites is 1. The predicted molar refractivity (Wildman–Crippen MR) is 115 cm³/mol. The average Bonchev–Trinajstić information content (AvgIpc) is 3.46. The lowest BCUT2D eigenvalue weighted by atomic mass is 10.0. The van der Waals surface area contributed by atoms with Crippen molar-refractivity contribution in [3.8, 4) is 17.1 Å². The Morgan fingerprint density at radius 1 is 1.06 bits per heavy atom. The second-order valence-corrected chi connectivity index (χ2v) is 7.12. The van der Waals surface area contributed by atoms with E-state index in [0.29, 0.717) is 11.4 Å². The number of carbonyl (C=O) groups is 1. The summed E-state index contributed by atoms with van der Waals surface area (Å²) >= 11 is 0. The molecular weight excluding hydrogens is 394 g/mol. The molecule has 4 aromatic rings. The van der Waals surface area contributed by atoms with E-state index in [1.807, 2.05) is 43.3 Å². The highest BCUT2D eigenvalue weighted by Gasteiger charge is 2.16. The third-order valence-electron chi connectivity index (χ3n) is 4.99. The van der Waals surface area contributed by atoms with Crippen LogP contribution in [-0.2, 0) is 24.2 Å². The Labute approximate surface area is 179 Å². The van der Waals surface area contributed by atoms with Crippen molar-refractivity contribution < 1.29 is 4.79 Å². The van der Waals surface area contributed by atoms with Crippen LogP contribution in [0.3, 0.4) is 0 Å². The number of carbonyl (C=O) groups excluding carboxylic acids is 1. The van der Waals surface area contributed by atoms with E-state index in [2.05, 4.69) is 50.1 Å².